The molecule has 0 radical (unpaired) electrons. The predicted molar refractivity (Wildman–Crippen MR) is 157 cm³/mol. The summed E-state index contributed by atoms with van der Waals surface area (Å²) in [7, 11) is -4.10. The van der Waals surface area contributed by atoms with Gasteiger partial charge in [-0.1, -0.05) is 6.07 Å². The lowest BCUT2D eigenvalue weighted by atomic mass is 9.91. The monoisotopic (exact) mass is 628 g/mol. The summed E-state index contributed by atoms with van der Waals surface area (Å²) in [5, 5.41) is 9.59. The van der Waals surface area contributed by atoms with Gasteiger partial charge in [0.25, 0.3) is 0 Å². The number of alkyl halides is 2. The molecule has 3 aliphatic rings. The minimum absolute atomic E-state index is 0.0258. The van der Waals surface area contributed by atoms with Crippen LogP contribution in [0.25, 0.3) is 0 Å². The third kappa shape index (κ3) is 8.80. The number of unbranched alkanes of at least 4 members (excludes halogenated alkanes) is 1. The highest BCUT2D eigenvalue weighted by Crippen LogP contribution is 2.40. The van der Waals surface area contributed by atoms with Crippen LogP contribution in [0.5, 0.6) is 5.75 Å². The van der Waals surface area contributed by atoms with Crippen LogP contribution in [0, 0.1) is 12.8 Å². The van der Waals surface area contributed by atoms with Crippen molar-refractivity contribution < 1.29 is 41.4 Å². The molecule has 2 aliphatic carbocycles. The maximum atomic E-state index is 13.8. The molecule has 1 aromatic rings. The number of hydrogen-bond acceptors (Lipinski definition) is 6. The van der Waals surface area contributed by atoms with Crippen molar-refractivity contribution in [1.82, 2.24) is 9.21 Å². The molecule has 9 nitrogen and oxygen atoms in total. The number of sulfonamides is 1. The molecular formula is C31H46F2N2O7S. The van der Waals surface area contributed by atoms with E-state index >= 15 is 0 Å². The van der Waals surface area contributed by atoms with Gasteiger partial charge in [-0.3, -0.25) is 4.79 Å². The average molecular weight is 629 g/mol. The number of carbonyl (C=O) groups excluding carboxylic acids is 1. The van der Waals surface area contributed by atoms with E-state index in [4.69, 9.17) is 9.47 Å². The molecule has 1 aliphatic heterocycles. The largest absolute Gasteiger partial charge is 0.489 e. The van der Waals surface area contributed by atoms with Gasteiger partial charge in [0.15, 0.2) is 0 Å². The highest BCUT2D eigenvalue weighted by molar-refractivity contribution is 7.89. The van der Waals surface area contributed by atoms with Crippen molar-refractivity contribution in [3.63, 3.8) is 0 Å². The first-order chi connectivity index (χ1) is 20.1. The van der Waals surface area contributed by atoms with Gasteiger partial charge in [-0.2, -0.15) is 4.31 Å². The highest BCUT2D eigenvalue weighted by atomic mass is 32.2. The van der Waals surface area contributed by atoms with E-state index in [1.165, 1.54) is 6.07 Å². The van der Waals surface area contributed by atoms with Crippen LogP contribution in [-0.4, -0.2) is 77.6 Å². The number of hydrogen-bond donors (Lipinski definition) is 1. The molecule has 1 N–H and O–H groups in total. The van der Waals surface area contributed by atoms with Crippen molar-refractivity contribution in [1.29, 1.82) is 0 Å². The summed E-state index contributed by atoms with van der Waals surface area (Å²) in [6.07, 6.45) is 3.83. The number of carboxylic acids is 1. The lowest BCUT2D eigenvalue weighted by Crippen LogP contribution is -2.46. The summed E-state index contributed by atoms with van der Waals surface area (Å²) in [5.41, 5.74) is 0.121. The number of carbonyl (C=O) groups is 2. The minimum Gasteiger partial charge on any atom is -0.489 e. The van der Waals surface area contributed by atoms with Crippen LogP contribution in [0.1, 0.15) is 97.0 Å². The number of carboxylic acid groups (broad SMARTS) is 1. The third-order valence-electron chi connectivity index (χ3n) is 8.49. The molecule has 43 heavy (non-hydrogen) atoms. The fourth-order valence-corrected chi connectivity index (χ4v) is 7.81. The van der Waals surface area contributed by atoms with Gasteiger partial charge in [0, 0.05) is 32.0 Å². The molecule has 1 saturated heterocycles. The predicted octanol–water partition coefficient (Wildman–Crippen LogP) is 6.38. The van der Waals surface area contributed by atoms with E-state index in [0.29, 0.717) is 32.2 Å². The Morgan fingerprint density at radius 1 is 1.12 bits per heavy atom. The van der Waals surface area contributed by atoms with E-state index in [9.17, 15) is 31.9 Å². The summed E-state index contributed by atoms with van der Waals surface area (Å²) in [4.78, 5) is 26.4. The van der Waals surface area contributed by atoms with Gasteiger partial charge in [0.2, 0.25) is 15.9 Å². The van der Waals surface area contributed by atoms with E-state index < -0.39 is 39.7 Å². The Kier molecular flexibility index (Phi) is 10.3. The molecule has 0 spiro atoms. The molecule has 2 atom stereocenters. The maximum absolute atomic E-state index is 13.8. The molecule has 0 bridgehead atoms. The fourth-order valence-electron chi connectivity index (χ4n) is 6.05. The number of aliphatic carboxylic acids is 1. The lowest BCUT2D eigenvalue weighted by Gasteiger charge is -2.37. The smallest absolute Gasteiger partial charge is 0.410 e. The number of nitrogens with zero attached hydrogens (tertiary/aromatic N) is 2. The number of halogens is 2. The number of benzene rings is 1. The molecule has 242 valence electrons. The molecular weight excluding hydrogens is 582 g/mol. The van der Waals surface area contributed by atoms with Crippen LogP contribution in [0.15, 0.2) is 23.1 Å². The van der Waals surface area contributed by atoms with Gasteiger partial charge < -0.3 is 19.5 Å². The van der Waals surface area contributed by atoms with E-state index in [2.05, 4.69) is 0 Å². The normalized spacial score (nSPS) is 22.2. The Balaban J connectivity index is 1.43. The molecule has 1 heterocycles. The molecule has 1 unspecified atom stereocenters. The number of aryl methyl sites for hydroxylation is 1. The third-order valence-corrected chi connectivity index (χ3v) is 10.4. The van der Waals surface area contributed by atoms with E-state index in [1.807, 2.05) is 6.92 Å². The Hall–Kier alpha value is -2.47. The fraction of sp³-hybridized carbons (Fsp3) is 0.742. The number of ether oxygens (including phenoxy) is 2. The van der Waals surface area contributed by atoms with Crippen molar-refractivity contribution in [3.8, 4) is 5.75 Å². The molecule has 1 aromatic carbocycles. The quantitative estimate of drug-likeness (QED) is 0.268. The van der Waals surface area contributed by atoms with Crippen LogP contribution in [-0.2, 0) is 19.6 Å². The second-order valence-electron chi connectivity index (χ2n) is 13.3. The first-order valence-corrected chi connectivity index (χ1v) is 16.9. The van der Waals surface area contributed by atoms with Gasteiger partial charge in [-0.25, -0.2) is 22.0 Å². The molecule has 1 amide bonds. The second-order valence-corrected chi connectivity index (χ2v) is 15.2. The van der Waals surface area contributed by atoms with Crippen molar-refractivity contribution in [2.24, 2.45) is 5.92 Å². The maximum Gasteiger partial charge on any atom is 0.410 e. The van der Waals surface area contributed by atoms with Crippen LogP contribution in [0.4, 0.5) is 13.6 Å². The van der Waals surface area contributed by atoms with E-state index in [1.54, 1.807) is 37.8 Å². The van der Waals surface area contributed by atoms with Crippen LogP contribution < -0.4 is 4.74 Å². The van der Waals surface area contributed by atoms with Crippen molar-refractivity contribution in [2.45, 2.75) is 133 Å². The summed E-state index contributed by atoms with van der Waals surface area (Å²) in [5.74, 6) is -3.35. The average Bonchev–Trinajstić information content (AvgIpc) is 3.61. The Morgan fingerprint density at radius 2 is 1.79 bits per heavy atom. The Labute approximate surface area is 253 Å². The van der Waals surface area contributed by atoms with Crippen molar-refractivity contribution in [3.05, 3.63) is 23.8 Å². The summed E-state index contributed by atoms with van der Waals surface area (Å²) in [6, 6.07) is 3.47. The second kappa shape index (κ2) is 13.3. The van der Waals surface area contributed by atoms with Crippen molar-refractivity contribution >= 4 is 22.1 Å². The summed E-state index contributed by atoms with van der Waals surface area (Å²) in [6.45, 7) is 7.70. The van der Waals surface area contributed by atoms with E-state index in [-0.39, 0.29) is 67.4 Å². The van der Waals surface area contributed by atoms with Gasteiger partial charge in [0.05, 0.1) is 0 Å². The first-order valence-electron chi connectivity index (χ1n) is 15.5. The molecule has 3 fully saturated rings. The standard InChI is InChI=1S/C31H46F2N2O7S/c1-21-10-13-27(43(39,40)35-19-7-8-24(35)28(36)37)26(20-21)41-25(22-11-12-22)9-5-6-18-34(29(38)42-30(2,3)4)23-14-16-31(32,33)17-15-23/h10,13,20,22-25H,5-9,11-12,14-19H2,1-4H3,(H,36,37)/t24-,25?/m0/s1. The molecule has 12 heteroatoms. The van der Waals surface area contributed by atoms with E-state index in [0.717, 1.165) is 22.7 Å². The van der Waals surface area contributed by atoms with Crippen LogP contribution in [0.3, 0.4) is 0 Å². The van der Waals surface area contributed by atoms with Gasteiger partial charge in [-0.15, -0.1) is 0 Å². The first kappa shape index (κ1) is 33.4. The number of rotatable bonds is 12. The van der Waals surface area contributed by atoms with Gasteiger partial charge >= 0.3 is 12.1 Å². The Bertz CT molecular complexity index is 1250. The molecule has 4 rings (SSSR count). The van der Waals surface area contributed by atoms with Gasteiger partial charge in [0.1, 0.15) is 28.4 Å². The summed E-state index contributed by atoms with van der Waals surface area (Å²) >= 11 is 0. The van der Waals surface area contributed by atoms with Gasteiger partial charge in [-0.05, 0) is 109 Å². The van der Waals surface area contributed by atoms with Crippen LogP contribution >= 0.6 is 0 Å². The molecule has 0 aromatic heterocycles. The highest BCUT2D eigenvalue weighted by Gasteiger charge is 2.42. The lowest BCUT2D eigenvalue weighted by molar-refractivity contribution is -0.140. The van der Waals surface area contributed by atoms with Crippen molar-refractivity contribution in [2.75, 3.05) is 13.1 Å². The zero-order valence-electron chi connectivity index (χ0n) is 25.7. The zero-order valence-corrected chi connectivity index (χ0v) is 26.5. The topological polar surface area (TPSA) is 113 Å². The zero-order chi connectivity index (χ0) is 31.6. The number of amides is 1. The minimum atomic E-state index is -4.10. The van der Waals surface area contributed by atoms with Crippen LogP contribution in [0.2, 0.25) is 0 Å². The molecule has 2 saturated carbocycles. The SMILES string of the molecule is Cc1ccc(S(=O)(=O)N2CCC[C@H]2C(=O)O)c(OC(CCCCN(C(=O)OC(C)(C)C)C2CCC(F)(F)CC2)C2CC2)c1. The summed E-state index contributed by atoms with van der Waals surface area (Å²) < 4.78 is 68.0. The Morgan fingerprint density at radius 3 is 2.40 bits per heavy atom.